The number of unbranched alkanes of at least 4 members (excludes halogenated alkanes) is 6. The van der Waals surface area contributed by atoms with Crippen molar-refractivity contribution in [3.63, 3.8) is 0 Å². The second-order valence-electron chi connectivity index (χ2n) is 12.9. The molecule has 0 saturated heterocycles. The predicted octanol–water partition coefficient (Wildman–Crippen LogP) is 12.1. The fraction of sp³-hybridized carbons (Fsp3) is 0.571. The van der Waals surface area contributed by atoms with Crippen molar-refractivity contribution in [3.8, 4) is 0 Å². The zero-order valence-electron chi connectivity index (χ0n) is 30.4. The molecule has 3 aromatic carbocycles. The van der Waals surface area contributed by atoms with Gasteiger partial charge in [0, 0.05) is 0 Å². The maximum absolute atomic E-state index is 2.86. The van der Waals surface area contributed by atoms with E-state index in [9.17, 15) is 0 Å². The molecule has 254 valence electrons. The number of rotatable bonds is 24. The molecule has 0 radical (unpaired) electrons. The Morgan fingerprint density at radius 3 is 0.783 bits per heavy atom. The molecule has 0 aliphatic heterocycles. The molecular formula is C42H66As3N. The van der Waals surface area contributed by atoms with Crippen molar-refractivity contribution in [2.45, 2.75) is 150 Å². The van der Waals surface area contributed by atoms with Crippen LogP contribution in [0.15, 0.2) is 72.8 Å². The van der Waals surface area contributed by atoms with Gasteiger partial charge < -0.3 is 0 Å². The first-order chi connectivity index (χ1) is 22.6. The van der Waals surface area contributed by atoms with Crippen LogP contribution in [0.25, 0.3) is 0 Å². The van der Waals surface area contributed by atoms with Crippen molar-refractivity contribution in [3.05, 3.63) is 72.8 Å². The summed E-state index contributed by atoms with van der Waals surface area (Å²) in [5.74, 6) is 0. The Morgan fingerprint density at radius 2 is 0.565 bits per heavy atom. The van der Waals surface area contributed by atoms with Crippen molar-refractivity contribution >= 4 is 74.1 Å². The molecular weight excluding hydrogens is 743 g/mol. The summed E-state index contributed by atoms with van der Waals surface area (Å²) in [5.41, 5.74) is 4.57. The molecule has 0 saturated carbocycles. The first-order valence-corrected chi connectivity index (χ1v) is 29.7. The SMILES string of the molecule is CCCC[As](CCCC)c1ccccc1N(c1ccccc1[As](CCCC)CCCC)c1ccccc1[As](CCCC)CCCC. The van der Waals surface area contributed by atoms with E-state index in [2.05, 4.69) is 119 Å². The van der Waals surface area contributed by atoms with Gasteiger partial charge in [-0.25, -0.2) is 0 Å². The summed E-state index contributed by atoms with van der Waals surface area (Å²) < 4.78 is 5.18. The van der Waals surface area contributed by atoms with Crippen molar-refractivity contribution in [2.75, 3.05) is 4.90 Å². The fourth-order valence-electron chi connectivity index (χ4n) is 6.30. The van der Waals surface area contributed by atoms with Gasteiger partial charge in [0.05, 0.1) is 0 Å². The minimum atomic E-state index is -1.23. The number of anilines is 3. The second-order valence-corrected chi connectivity index (χ2v) is 28.3. The summed E-state index contributed by atoms with van der Waals surface area (Å²) in [6.45, 7) is 14.3. The summed E-state index contributed by atoms with van der Waals surface area (Å²) >= 11 is -3.69. The predicted molar refractivity (Wildman–Crippen MR) is 216 cm³/mol. The first-order valence-electron chi connectivity index (χ1n) is 19.0. The fourth-order valence-corrected chi connectivity index (χ4v) is 24.5. The van der Waals surface area contributed by atoms with Crippen LogP contribution in [0.2, 0.25) is 31.3 Å². The Labute approximate surface area is 299 Å². The molecule has 3 aromatic rings. The molecule has 0 amide bonds. The van der Waals surface area contributed by atoms with Gasteiger partial charge >= 0.3 is 302 Å². The number of nitrogens with zero attached hydrogens (tertiary/aromatic N) is 1. The summed E-state index contributed by atoms with van der Waals surface area (Å²) in [7, 11) is 0. The number of hydrogen-bond donors (Lipinski definition) is 0. The first kappa shape index (κ1) is 39.6. The Bertz CT molecular complexity index is 1050. The van der Waals surface area contributed by atoms with Crippen LogP contribution in [0.3, 0.4) is 0 Å². The maximum atomic E-state index is 2.86. The van der Waals surface area contributed by atoms with Gasteiger partial charge in [-0.2, -0.15) is 0 Å². The Balaban J connectivity index is 2.34. The van der Waals surface area contributed by atoms with Crippen LogP contribution in [0.4, 0.5) is 17.1 Å². The van der Waals surface area contributed by atoms with Gasteiger partial charge in [0.1, 0.15) is 0 Å². The summed E-state index contributed by atoms with van der Waals surface area (Å²) in [5, 5.41) is 8.63. The van der Waals surface area contributed by atoms with Gasteiger partial charge in [-0.3, -0.25) is 0 Å². The van der Waals surface area contributed by atoms with Gasteiger partial charge in [0.25, 0.3) is 0 Å². The van der Waals surface area contributed by atoms with Gasteiger partial charge in [0.2, 0.25) is 0 Å². The molecule has 0 unspecified atom stereocenters. The van der Waals surface area contributed by atoms with E-state index in [4.69, 9.17) is 0 Å². The molecule has 0 aliphatic carbocycles. The molecule has 0 N–H and O–H groups in total. The zero-order valence-corrected chi connectivity index (χ0v) is 36.1. The zero-order chi connectivity index (χ0) is 33.0. The summed E-state index contributed by atoms with van der Waals surface area (Å²) in [6, 6.07) is 29.3. The molecule has 4 heteroatoms. The van der Waals surface area contributed by atoms with Gasteiger partial charge in [-0.1, -0.05) is 0 Å². The number of benzene rings is 3. The van der Waals surface area contributed by atoms with E-state index in [1.165, 1.54) is 125 Å². The van der Waals surface area contributed by atoms with Crippen LogP contribution in [0.1, 0.15) is 119 Å². The van der Waals surface area contributed by atoms with Crippen LogP contribution in [-0.4, -0.2) is 44.0 Å². The van der Waals surface area contributed by atoms with E-state index in [0.717, 1.165) is 0 Å². The van der Waals surface area contributed by atoms with E-state index in [1.807, 2.05) is 0 Å². The standard InChI is InChI=1S/C42H66As3N/c1-7-13-31-43(32-14-8-2)37-25-19-22-28-40(37)46(41-29-23-20-26-38(41)44(33-15-9-3)34-16-10-4)42-30-24-21-27-39(42)45(35-17-11-5)36-18-12-6/h19-30H,7-18,31-36H2,1-6H3. The molecule has 0 heterocycles. The average Bonchev–Trinajstić information content (AvgIpc) is 3.10. The average molecular weight is 810 g/mol. The molecule has 3 rings (SSSR count). The van der Waals surface area contributed by atoms with E-state index in [0.29, 0.717) is 0 Å². The third-order valence-corrected chi connectivity index (χ3v) is 26.5. The van der Waals surface area contributed by atoms with Crippen LogP contribution in [0, 0.1) is 0 Å². The Hall–Kier alpha value is -0.865. The van der Waals surface area contributed by atoms with E-state index < -0.39 is 44.0 Å². The molecule has 0 aromatic heterocycles. The van der Waals surface area contributed by atoms with Crippen molar-refractivity contribution in [1.29, 1.82) is 0 Å². The van der Waals surface area contributed by atoms with Crippen molar-refractivity contribution in [2.24, 2.45) is 0 Å². The van der Waals surface area contributed by atoms with Crippen molar-refractivity contribution < 1.29 is 0 Å². The number of para-hydroxylation sites is 3. The summed E-state index contributed by atoms with van der Waals surface area (Å²) in [4.78, 5) is 2.86. The monoisotopic (exact) mass is 809 g/mol. The molecule has 0 atom stereocenters. The quantitative estimate of drug-likeness (QED) is 0.0815. The topological polar surface area (TPSA) is 3.24 Å². The second kappa shape index (κ2) is 23.5. The van der Waals surface area contributed by atoms with Gasteiger partial charge in [0.15, 0.2) is 0 Å². The van der Waals surface area contributed by atoms with Crippen LogP contribution in [-0.2, 0) is 0 Å². The molecule has 0 aliphatic rings. The van der Waals surface area contributed by atoms with Gasteiger partial charge in [-0.15, -0.1) is 0 Å². The third-order valence-electron chi connectivity index (χ3n) is 9.08. The van der Waals surface area contributed by atoms with Crippen LogP contribution in [0.5, 0.6) is 0 Å². The molecule has 0 spiro atoms. The van der Waals surface area contributed by atoms with Crippen LogP contribution >= 0.6 is 0 Å². The minimum absolute atomic E-state index is 1.23. The van der Waals surface area contributed by atoms with Crippen molar-refractivity contribution in [1.82, 2.24) is 0 Å². The molecule has 1 nitrogen and oxygen atoms in total. The Kier molecular flexibility index (Phi) is 20.2. The Morgan fingerprint density at radius 1 is 0.348 bits per heavy atom. The molecule has 46 heavy (non-hydrogen) atoms. The molecule has 0 bridgehead atoms. The van der Waals surface area contributed by atoms with E-state index in [-0.39, 0.29) is 0 Å². The van der Waals surface area contributed by atoms with Crippen LogP contribution < -0.4 is 18.0 Å². The third kappa shape index (κ3) is 11.9. The number of hydrogen-bond acceptors (Lipinski definition) is 1. The van der Waals surface area contributed by atoms with E-state index >= 15 is 0 Å². The van der Waals surface area contributed by atoms with E-state index in [1.54, 1.807) is 13.1 Å². The normalized spacial score (nSPS) is 11.7. The summed E-state index contributed by atoms with van der Waals surface area (Å²) in [6.07, 6.45) is 16.1. The van der Waals surface area contributed by atoms with Gasteiger partial charge in [-0.05, 0) is 0 Å². The molecule has 0 fully saturated rings.